The summed E-state index contributed by atoms with van der Waals surface area (Å²) < 4.78 is 3.47. The number of benzene rings is 1. The van der Waals surface area contributed by atoms with Crippen molar-refractivity contribution in [2.24, 2.45) is 7.05 Å². The van der Waals surface area contributed by atoms with Crippen molar-refractivity contribution < 1.29 is 9.90 Å². The molecular formula is C15H16N6O2. The van der Waals surface area contributed by atoms with Gasteiger partial charge in [0.2, 0.25) is 0 Å². The SMILES string of the molecule is Cn1cnc2cc(NC(=O)c3cn([C@@H]4CC[C@H]4O)nn3)ccc21. The van der Waals surface area contributed by atoms with Crippen LogP contribution >= 0.6 is 0 Å². The number of nitrogens with one attached hydrogen (secondary N) is 1. The van der Waals surface area contributed by atoms with Crippen molar-refractivity contribution in [3.63, 3.8) is 0 Å². The number of carbonyl (C=O) groups is 1. The second-order valence-corrected chi connectivity index (χ2v) is 5.81. The first kappa shape index (κ1) is 13.9. The van der Waals surface area contributed by atoms with Crippen molar-refractivity contribution in [3.8, 4) is 0 Å². The molecule has 1 amide bonds. The maximum atomic E-state index is 12.3. The van der Waals surface area contributed by atoms with Crippen LogP contribution in [0.4, 0.5) is 5.69 Å². The highest BCUT2D eigenvalue weighted by Gasteiger charge is 2.31. The van der Waals surface area contributed by atoms with Gasteiger partial charge in [-0.15, -0.1) is 5.10 Å². The summed E-state index contributed by atoms with van der Waals surface area (Å²) in [6.07, 6.45) is 4.50. The summed E-state index contributed by atoms with van der Waals surface area (Å²) in [4.78, 5) is 16.5. The number of imidazole rings is 1. The van der Waals surface area contributed by atoms with Crippen LogP contribution in [0, 0.1) is 0 Å². The van der Waals surface area contributed by atoms with Gasteiger partial charge in [0.1, 0.15) is 0 Å². The second-order valence-electron chi connectivity index (χ2n) is 5.81. The van der Waals surface area contributed by atoms with Crippen molar-refractivity contribution >= 4 is 22.6 Å². The number of hydrogen-bond donors (Lipinski definition) is 2. The van der Waals surface area contributed by atoms with Crippen LogP contribution < -0.4 is 5.32 Å². The van der Waals surface area contributed by atoms with E-state index in [1.54, 1.807) is 17.2 Å². The van der Waals surface area contributed by atoms with Gasteiger partial charge in [-0.2, -0.15) is 0 Å². The van der Waals surface area contributed by atoms with E-state index in [4.69, 9.17) is 0 Å². The lowest BCUT2D eigenvalue weighted by Crippen LogP contribution is -2.34. The minimum absolute atomic E-state index is 0.0751. The summed E-state index contributed by atoms with van der Waals surface area (Å²) in [6, 6.07) is 5.46. The van der Waals surface area contributed by atoms with E-state index in [0.29, 0.717) is 5.69 Å². The van der Waals surface area contributed by atoms with E-state index in [1.807, 2.05) is 29.8 Å². The second kappa shape index (κ2) is 5.17. The van der Waals surface area contributed by atoms with Crippen LogP contribution in [0.1, 0.15) is 29.4 Å². The summed E-state index contributed by atoms with van der Waals surface area (Å²) >= 11 is 0. The van der Waals surface area contributed by atoms with Crippen LogP contribution in [-0.2, 0) is 7.05 Å². The molecule has 1 fully saturated rings. The van der Waals surface area contributed by atoms with Gasteiger partial charge in [-0.05, 0) is 31.0 Å². The van der Waals surface area contributed by atoms with Gasteiger partial charge in [-0.3, -0.25) is 4.79 Å². The molecule has 0 aliphatic heterocycles. The number of anilines is 1. The van der Waals surface area contributed by atoms with Crippen molar-refractivity contribution in [2.75, 3.05) is 5.32 Å². The number of aliphatic hydroxyl groups is 1. The molecule has 1 saturated carbocycles. The van der Waals surface area contributed by atoms with E-state index < -0.39 is 6.10 Å². The number of rotatable bonds is 3. The van der Waals surface area contributed by atoms with Crippen molar-refractivity contribution in [3.05, 3.63) is 36.4 Å². The molecule has 2 heterocycles. The van der Waals surface area contributed by atoms with Gasteiger partial charge in [-0.1, -0.05) is 5.21 Å². The summed E-state index contributed by atoms with van der Waals surface area (Å²) in [5.74, 6) is -0.333. The van der Waals surface area contributed by atoms with E-state index in [0.717, 1.165) is 23.9 Å². The smallest absolute Gasteiger partial charge is 0.277 e. The Hall–Kier alpha value is -2.74. The third-order valence-electron chi connectivity index (χ3n) is 4.27. The number of hydrogen-bond acceptors (Lipinski definition) is 5. The molecule has 1 aliphatic rings. The fraction of sp³-hybridized carbons (Fsp3) is 0.333. The van der Waals surface area contributed by atoms with Gasteiger partial charge in [0.25, 0.3) is 5.91 Å². The molecule has 3 aromatic rings. The Balaban J connectivity index is 1.52. The fourth-order valence-electron chi connectivity index (χ4n) is 2.73. The highest BCUT2D eigenvalue weighted by Crippen LogP contribution is 2.31. The molecular weight excluding hydrogens is 296 g/mol. The standard InChI is InChI=1S/C15H16N6O2/c1-20-8-16-10-6-9(2-3-12(10)20)17-15(23)11-7-21(19-18-11)13-4-5-14(13)22/h2-3,6-8,13-14,22H,4-5H2,1H3,(H,17,23)/t13-,14-/m1/s1. The molecule has 1 aliphatic carbocycles. The normalized spacial score (nSPS) is 20.4. The van der Waals surface area contributed by atoms with Crippen LogP contribution in [0.25, 0.3) is 11.0 Å². The molecule has 8 heteroatoms. The minimum Gasteiger partial charge on any atom is -0.391 e. The van der Waals surface area contributed by atoms with E-state index in [-0.39, 0.29) is 17.6 Å². The average Bonchev–Trinajstić information content (AvgIpc) is 3.13. The Bertz CT molecular complexity index is 883. The summed E-state index contributed by atoms with van der Waals surface area (Å²) in [5, 5.41) is 20.3. The molecule has 8 nitrogen and oxygen atoms in total. The Kier molecular flexibility index (Phi) is 3.12. The molecule has 0 saturated heterocycles. The van der Waals surface area contributed by atoms with Gasteiger partial charge in [0.05, 0.1) is 35.7 Å². The lowest BCUT2D eigenvalue weighted by atomic mass is 9.89. The first-order valence-corrected chi connectivity index (χ1v) is 7.44. The molecule has 2 aromatic heterocycles. The van der Waals surface area contributed by atoms with Crippen molar-refractivity contribution in [1.29, 1.82) is 0 Å². The largest absolute Gasteiger partial charge is 0.391 e. The molecule has 0 unspecified atom stereocenters. The molecule has 1 aromatic carbocycles. The third kappa shape index (κ3) is 2.36. The Morgan fingerprint density at radius 1 is 1.39 bits per heavy atom. The van der Waals surface area contributed by atoms with Gasteiger partial charge in [0.15, 0.2) is 5.69 Å². The lowest BCUT2D eigenvalue weighted by Gasteiger charge is -2.31. The van der Waals surface area contributed by atoms with E-state index >= 15 is 0 Å². The number of aromatic nitrogens is 5. The van der Waals surface area contributed by atoms with Crippen LogP contribution in [0.3, 0.4) is 0 Å². The number of carbonyl (C=O) groups excluding carboxylic acids is 1. The highest BCUT2D eigenvalue weighted by atomic mass is 16.3. The van der Waals surface area contributed by atoms with Crippen LogP contribution in [0.5, 0.6) is 0 Å². The van der Waals surface area contributed by atoms with Crippen molar-refractivity contribution in [2.45, 2.75) is 25.0 Å². The predicted molar refractivity (Wildman–Crippen MR) is 83.0 cm³/mol. The fourth-order valence-corrected chi connectivity index (χ4v) is 2.73. The molecule has 4 rings (SSSR count). The van der Waals surface area contributed by atoms with Crippen LogP contribution in [0.2, 0.25) is 0 Å². The zero-order valence-electron chi connectivity index (χ0n) is 12.5. The Labute approximate surface area is 131 Å². The maximum absolute atomic E-state index is 12.3. The average molecular weight is 312 g/mol. The summed E-state index contributed by atoms with van der Waals surface area (Å²) in [6.45, 7) is 0. The topological polar surface area (TPSA) is 97.9 Å². The first-order chi connectivity index (χ1) is 11.1. The molecule has 23 heavy (non-hydrogen) atoms. The van der Waals surface area contributed by atoms with Gasteiger partial charge in [-0.25, -0.2) is 9.67 Å². The monoisotopic (exact) mass is 312 g/mol. The zero-order chi connectivity index (χ0) is 16.0. The maximum Gasteiger partial charge on any atom is 0.277 e. The number of fused-ring (bicyclic) bond motifs is 1. The molecule has 118 valence electrons. The summed E-state index contributed by atoms with van der Waals surface area (Å²) in [7, 11) is 1.92. The first-order valence-electron chi connectivity index (χ1n) is 7.44. The predicted octanol–water partition coefficient (Wildman–Crippen LogP) is 1.11. The quantitative estimate of drug-likeness (QED) is 0.755. The van der Waals surface area contributed by atoms with E-state index in [2.05, 4.69) is 20.6 Å². The number of nitrogens with zero attached hydrogens (tertiary/aromatic N) is 5. The van der Waals surface area contributed by atoms with Gasteiger partial charge < -0.3 is 15.0 Å². The lowest BCUT2D eigenvalue weighted by molar-refractivity contribution is 0.0244. The Morgan fingerprint density at radius 3 is 3.00 bits per heavy atom. The third-order valence-corrected chi connectivity index (χ3v) is 4.27. The zero-order valence-corrected chi connectivity index (χ0v) is 12.5. The molecule has 0 bridgehead atoms. The van der Waals surface area contributed by atoms with Gasteiger partial charge >= 0.3 is 0 Å². The summed E-state index contributed by atoms with van der Waals surface area (Å²) in [5.41, 5.74) is 2.68. The highest BCUT2D eigenvalue weighted by molar-refractivity contribution is 6.03. The van der Waals surface area contributed by atoms with Crippen LogP contribution in [-0.4, -0.2) is 41.7 Å². The Morgan fingerprint density at radius 2 is 2.26 bits per heavy atom. The number of amides is 1. The van der Waals surface area contributed by atoms with Gasteiger partial charge in [0, 0.05) is 12.7 Å². The van der Waals surface area contributed by atoms with E-state index in [1.165, 1.54) is 0 Å². The molecule has 2 atom stereocenters. The van der Waals surface area contributed by atoms with Crippen molar-refractivity contribution in [1.82, 2.24) is 24.5 Å². The number of aliphatic hydroxyl groups excluding tert-OH is 1. The number of aryl methyl sites for hydroxylation is 1. The minimum atomic E-state index is -0.404. The molecule has 2 N–H and O–H groups in total. The van der Waals surface area contributed by atoms with E-state index in [9.17, 15) is 9.90 Å². The molecule has 0 radical (unpaired) electrons. The molecule has 0 spiro atoms. The van der Waals surface area contributed by atoms with Crippen LogP contribution in [0.15, 0.2) is 30.7 Å².